The summed E-state index contributed by atoms with van der Waals surface area (Å²) in [4.78, 5) is 46.8. The summed E-state index contributed by atoms with van der Waals surface area (Å²) in [6.45, 7) is -0.211. The van der Waals surface area contributed by atoms with Gasteiger partial charge in [0.15, 0.2) is 76.6 Å². The van der Waals surface area contributed by atoms with Gasteiger partial charge in [0.05, 0.1) is 21.3 Å². The van der Waals surface area contributed by atoms with E-state index in [-0.39, 0.29) is 92.6 Å². The molecule has 2 aromatic heterocycles. The summed E-state index contributed by atoms with van der Waals surface area (Å²) in [7, 11) is -7.87. The summed E-state index contributed by atoms with van der Waals surface area (Å²) in [6.07, 6.45) is -0.0436. The second-order valence-electron chi connectivity index (χ2n) is 9.53. The van der Waals surface area contributed by atoms with Gasteiger partial charge < -0.3 is 34.4 Å². The van der Waals surface area contributed by atoms with Crippen LogP contribution < -0.4 is 45.0 Å². The van der Waals surface area contributed by atoms with Crippen molar-refractivity contribution in [3.8, 4) is 0 Å². The number of halogens is 2. The van der Waals surface area contributed by atoms with Crippen molar-refractivity contribution in [3.05, 3.63) is 46.0 Å². The lowest BCUT2D eigenvalue weighted by molar-refractivity contribution is 0.0964. The molecule has 3 aromatic rings. The van der Waals surface area contributed by atoms with Gasteiger partial charge in [-0.1, -0.05) is 29.3 Å². The van der Waals surface area contributed by atoms with E-state index in [2.05, 4.69) is 40.6 Å². The first kappa shape index (κ1) is 37.4. The van der Waals surface area contributed by atoms with Crippen LogP contribution in [0.4, 0.5) is 23.3 Å². The fourth-order valence-electron chi connectivity index (χ4n) is 3.65. The zero-order valence-corrected chi connectivity index (χ0v) is 27.9. The Morgan fingerprint density at radius 2 is 1.04 bits per heavy atom. The highest BCUT2D eigenvalue weighted by Crippen LogP contribution is 2.20. The summed E-state index contributed by atoms with van der Waals surface area (Å²) >= 11 is 11.5. The highest BCUT2D eigenvalue weighted by atomic mass is 35.5. The van der Waals surface area contributed by atoms with Gasteiger partial charge in [-0.3, -0.25) is 30.2 Å². The van der Waals surface area contributed by atoms with Crippen molar-refractivity contribution in [3.63, 3.8) is 0 Å². The third kappa shape index (κ3) is 9.97. The molecule has 258 valence electrons. The summed E-state index contributed by atoms with van der Waals surface area (Å²) in [5.74, 6) is -4.16. The third-order valence-corrected chi connectivity index (χ3v) is 10.1. The predicted molar refractivity (Wildman–Crippen MR) is 179 cm³/mol. The summed E-state index contributed by atoms with van der Waals surface area (Å²) < 4.78 is 51.6. The molecule has 0 bridgehead atoms. The molecule has 24 heteroatoms. The van der Waals surface area contributed by atoms with Crippen LogP contribution in [0.2, 0.25) is 10.3 Å². The van der Waals surface area contributed by atoms with Crippen molar-refractivity contribution in [1.82, 2.24) is 30.6 Å². The number of hydrogen-bond donors (Lipinski definition) is 8. The minimum absolute atomic E-state index is 0.0218. The topological polar surface area (TPSA) is 359 Å². The van der Waals surface area contributed by atoms with Gasteiger partial charge in [-0.05, 0) is 31.0 Å². The van der Waals surface area contributed by atoms with Crippen LogP contribution in [0.25, 0.3) is 0 Å². The first-order chi connectivity index (χ1) is 22.4. The molecule has 3 rings (SSSR count). The van der Waals surface area contributed by atoms with Crippen LogP contribution in [0, 0.1) is 0 Å². The lowest BCUT2D eigenvalue weighted by Crippen LogP contribution is -2.38. The molecule has 0 aliphatic heterocycles. The lowest BCUT2D eigenvalue weighted by atomic mass is 10.4. The Morgan fingerprint density at radius 1 is 0.667 bits per heavy atom. The monoisotopic (exact) mass is 744 g/mol. The number of nitrogens with one attached hydrogen (secondary N) is 2. The Balaban J connectivity index is 1.53. The molecule has 0 aliphatic carbocycles. The van der Waals surface area contributed by atoms with Crippen LogP contribution in [-0.2, 0) is 19.7 Å². The molecule has 20 nitrogen and oxygen atoms in total. The number of nitrogen functional groups attached to an aromatic ring is 4. The van der Waals surface area contributed by atoms with E-state index >= 15 is 0 Å². The molecule has 0 atom stereocenters. The summed E-state index contributed by atoms with van der Waals surface area (Å²) in [6, 6.07) is 4.86. The Labute approximate surface area is 283 Å². The first-order valence-corrected chi connectivity index (χ1v) is 17.4. The van der Waals surface area contributed by atoms with Crippen molar-refractivity contribution < 1.29 is 26.4 Å². The van der Waals surface area contributed by atoms with Crippen LogP contribution in [0.3, 0.4) is 0 Å². The summed E-state index contributed by atoms with van der Waals surface area (Å²) in [5, 5.41) is 3.97. The molecular formula is C24H30Cl2N14O6S2. The number of hydrogen-bond acceptors (Lipinski definition) is 16. The predicted octanol–water partition coefficient (Wildman–Crippen LogP) is -1.28. The van der Waals surface area contributed by atoms with E-state index in [0.717, 1.165) is 6.07 Å². The molecule has 0 unspecified atom stereocenters. The molecule has 0 saturated carbocycles. The number of anilines is 4. The molecule has 0 aliphatic rings. The minimum atomic E-state index is -3.94. The van der Waals surface area contributed by atoms with Gasteiger partial charge >= 0.3 is 0 Å². The van der Waals surface area contributed by atoms with Crippen molar-refractivity contribution in [2.24, 2.45) is 21.5 Å². The lowest BCUT2D eigenvalue weighted by Gasteiger charge is -2.09. The molecule has 0 fully saturated rings. The number of sulfone groups is 2. The Kier molecular flexibility index (Phi) is 12.2. The second kappa shape index (κ2) is 15.7. The third-order valence-electron chi connectivity index (χ3n) is 5.95. The highest BCUT2D eigenvalue weighted by molar-refractivity contribution is 7.92. The Morgan fingerprint density at radius 3 is 1.42 bits per heavy atom. The van der Waals surface area contributed by atoms with E-state index in [1.54, 1.807) is 0 Å². The number of rotatable bonds is 12. The van der Waals surface area contributed by atoms with Crippen LogP contribution >= 0.6 is 23.2 Å². The number of carbonyl (C=O) groups excluding carboxylic acids is 2. The average molecular weight is 746 g/mol. The standard InChI is InChI=1S/C24H30Cl2N14O6S2/c25-15-19(29)37-17(27)13(35-15)21(41)39-23(31)33-6-2-8-47(43,44)11-4-1-5-12(10-11)48(45,46)9-3-7-34-24(32)40-22(42)14-18(28)38-20(30)16(26)36-14/h1,4-5,10H,2-3,6-9H2,(H4,27,29,37)(H4,28,30,38)(H3,31,33,39,41)(H3,32,34,40,42). The van der Waals surface area contributed by atoms with Crippen LogP contribution in [0.5, 0.6) is 0 Å². The number of amides is 2. The highest BCUT2D eigenvalue weighted by Gasteiger charge is 2.21. The van der Waals surface area contributed by atoms with E-state index < -0.39 is 43.0 Å². The molecule has 0 saturated heterocycles. The van der Waals surface area contributed by atoms with Gasteiger partial charge in [0.25, 0.3) is 11.8 Å². The zero-order chi connectivity index (χ0) is 35.8. The van der Waals surface area contributed by atoms with Crippen molar-refractivity contribution in [2.75, 3.05) is 47.5 Å². The average Bonchev–Trinajstić information content (AvgIpc) is 3.01. The quantitative estimate of drug-likeness (QED) is 0.0608. The van der Waals surface area contributed by atoms with E-state index in [4.69, 9.17) is 57.6 Å². The van der Waals surface area contributed by atoms with Gasteiger partial charge in [-0.25, -0.2) is 36.8 Å². The maximum atomic E-state index is 12.9. The number of aliphatic imine (C=N–C) groups is 2. The maximum Gasteiger partial charge on any atom is 0.280 e. The van der Waals surface area contributed by atoms with Gasteiger partial charge in [0.2, 0.25) is 0 Å². The first-order valence-electron chi connectivity index (χ1n) is 13.4. The van der Waals surface area contributed by atoms with E-state index in [9.17, 15) is 26.4 Å². The van der Waals surface area contributed by atoms with Crippen LogP contribution in [-0.4, -0.2) is 85.1 Å². The minimum Gasteiger partial charge on any atom is -0.382 e. The number of nitrogens with two attached hydrogens (primary N) is 6. The second-order valence-corrected chi connectivity index (χ2v) is 14.5. The molecule has 0 spiro atoms. The van der Waals surface area contributed by atoms with Crippen LogP contribution in [0.1, 0.15) is 33.8 Å². The van der Waals surface area contributed by atoms with Gasteiger partial charge in [-0.2, -0.15) is 0 Å². The van der Waals surface area contributed by atoms with Gasteiger partial charge in [0.1, 0.15) is 0 Å². The Hall–Kier alpha value is -5.06. The van der Waals surface area contributed by atoms with Gasteiger partial charge in [-0.15, -0.1) is 0 Å². The molecular weight excluding hydrogens is 715 g/mol. The largest absolute Gasteiger partial charge is 0.382 e. The number of guanidine groups is 2. The maximum absolute atomic E-state index is 12.9. The zero-order valence-electron chi connectivity index (χ0n) is 24.7. The van der Waals surface area contributed by atoms with E-state index in [0.29, 0.717) is 0 Å². The summed E-state index contributed by atoms with van der Waals surface area (Å²) in [5.41, 5.74) is 32.9. The SMILES string of the molecule is NC(=NCCCS(=O)(=O)c1cccc(S(=O)(=O)CCCN=C(N)NC(=O)c2nc(Cl)c(N)nc2N)c1)NC(=O)c1nc(Cl)c(N)nc1N. The molecule has 48 heavy (non-hydrogen) atoms. The molecule has 0 radical (unpaired) electrons. The molecule has 2 heterocycles. The van der Waals surface area contributed by atoms with E-state index in [1.165, 1.54) is 18.2 Å². The smallest absolute Gasteiger partial charge is 0.280 e. The fraction of sp³-hybridized carbons (Fsp3) is 0.250. The molecule has 14 N–H and O–H groups in total. The molecule has 2 amide bonds. The van der Waals surface area contributed by atoms with Crippen molar-refractivity contribution in [2.45, 2.75) is 22.6 Å². The number of nitrogens with zero attached hydrogens (tertiary/aromatic N) is 6. The van der Waals surface area contributed by atoms with E-state index in [1.807, 2.05) is 0 Å². The number of benzene rings is 1. The normalized spacial score (nSPS) is 12.5. The fourth-order valence-corrected chi connectivity index (χ4v) is 6.66. The molecule has 1 aromatic carbocycles. The Bertz CT molecular complexity index is 1870. The number of aromatic nitrogens is 4. The van der Waals surface area contributed by atoms with Crippen molar-refractivity contribution in [1.29, 1.82) is 0 Å². The van der Waals surface area contributed by atoms with Gasteiger partial charge in [0, 0.05) is 13.1 Å². The number of carbonyl (C=O) groups is 2. The van der Waals surface area contributed by atoms with Crippen LogP contribution in [0.15, 0.2) is 44.0 Å². The van der Waals surface area contributed by atoms with Crippen molar-refractivity contribution >= 4 is 89.9 Å².